The zero-order valence-electron chi connectivity index (χ0n) is 16.5. The lowest BCUT2D eigenvalue weighted by atomic mass is 10.0. The van der Waals surface area contributed by atoms with E-state index in [1.54, 1.807) is 12.1 Å². The van der Waals surface area contributed by atoms with Crippen LogP contribution in [-0.2, 0) is 16.3 Å². The van der Waals surface area contributed by atoms with E-state index in [1.807, 2.05) is 18.2 Å². The molecule has 1 aliphatic carbocycles. The van der Waals surface area contributed by atoms with E-state index in [0.717, 1.165) is 29.1 Å². The van der Waals surface area contributed by atoms with E-state index >= 15 is 0 Å². The Balaban J connectivity index is 1.53. The first-order chi connectivity index (χ1) is 14.0. The molecule has 4 rings (SSSR count). The van der Waals surface area contributed by atoms with Crippen molar-refractivity contribution in [2.45, 2.75) is 24.2 Å². The number of para-hydroxylation sites is 1. The van der Waals surface area contributed by atoms with Gasteiger partial charge in [0.1, 0.15) is 11.3 Å². The van der Waals surface area contributed by atoms with Gasteiger partial charge < -0.3 is 14.5 Å². The summed E-state index contributed by atoms with van der Waals surface area (Å²) in [6, 6.07) is 12.8. The summed E-state index contributed by atoms with van der Waals surface area (Å²) in [5, 5.41) is 4.33. The Labute approximate surface area is 171 Å². The zero-order chi connectivity index (χ0) is 20.4. The Morgan fingerprint density at radius 1 is 1.21 bits per heavy atom. The van der Waals surface area contributed by atoms with Crippen molar-refractivity contribution in [2.24, 2.45) is 5.92 Å². The molecule has 5 nitrogen and oxygen atoms in total. The molecule has 0 amide bonds. The predicted molar refractivity (Wildman–Crippen MR) is 114 cm³/mol. The molecule has 1 fully saturated rings. The second-order valence-corrected chi connectivity index (χ2v) is 9.36. The van der Waals surface area contributed by atoms with Crippen LogP contribution in [0.2, 0.25) is 0 Å². The minimum Gasteiger partial charge on any atom is -0.495 e. The van der Waals surface area contributed by atoms with Crippen molar-refractivity contribution in [3.05, 3.63) is 53.8 Å². The lowest BCUT2D eigenvalue weighted by molar-refractivity contribution is 0.415. The van der Waals surface area contributed by atoms with Crippen molar-refractivity contribution in [1.82, 2.24) is 0 Å². The lowest BCUT2D eigenvalue weighted by Crippen LogP contribution is -2.03. The molecule has 3 aromatic rings. The molecule has 0 bridgehead atoms. The van der Waals surface area contributed by atoms with Crippen LogP contribution in [0.15, 0.2) is 51.8 Å². The standard InChI is InChI=1S/C23H23NO4S/c1-27-23-15-17(29(2,25)26)11-12-20(23)24-13-5-8-22-19(14-16-9-10-16)18-6-3-4-7-21(18)28-22/h3-4,6-7,11-12,15-16,24H,9-10,13-14H2,1-2H3. The number of fused-ring (bicyclic) bond motifs is 1. The summed E-state index contributed by atoms with van der Waals surface area (Å²) in [4.78, 5) is 0.220. The molecule has 0 unspecified atom stereocenters. The van der Waals surface area contributed by atoms with E-state index in [-0.39, 0.29) is 4.90 Å². The van der Waals surface area contributed by atoms with Gasteiger partial charge >= 0.3 is 0 Å². The van der Waals surface area contributed by atoms with E-state index < -0.39 is 9.84 Å². The first-order valence-corrected chi connectivity index (χ1v) is 11.5. The van der Waals surface area contributed by atoms with Crippen LogP contribution in [0.3, 0.4) is 0 Å². The molecule has 1 N–H and O–H groups in total. The van der Waals surface area contributed by atoms with Crippen LogP contribution in [0.5, 0.6) is 5.75 Å². The first kappa shape index (κ1) is 19.4. The van der Waals surface area contributed by atoms with Crippen LogP contribution in [0.25, 0.3) is 11.0 Å². The van der Waals surface area contributed by atoms with Crippen LogP contribution < -0.4 is 10.1 Å². The van der Waals surface area contributed by atoms with Gasteiger partial charge in [-0.1, -0.05) is 24.1 Å². The molecule has 29 heavy (non-hydrogen) atoms. The van der Waals surface area contributed by atoms with Crippen molar-refractivity contribution in [2.75, 3.05) is 25.2 Å². The Morgan fingerprint density at radius 2 is 2.00 bits per heavy atom. The number of hydrogen-bond acceptors (Lipinski definition) is 5. The van der Waals surface area contributed by atoms with E-state index in [9.17, 15) is 8.42 Å². The summed E-state index contributed by atoms with van der Waals surface area (Å²) in [5.41, 5.74) is 2.76. The van der Waals surface area contributed by atoms with Gasteiger partial charge in [-0.2, -0.15) is 0 Å². The summed E-state index contributed by atoms with van der Waals surface area (Å²) < 4.78 is 34.7. The fourth-order valence-corrected chi connectivity index (χ4v) is 3.96. The van der Waals surface area contributed by atoms with Crippen molar-refractivity contribution < 1.29 is 17.6 Å². The average Bonchev–Trinajstić information content (AvgIpc) is 3.46. The largest absolute Gasteiger partial charge is 0.495 e. The second kappa shape index (κ2) is 7.84. The minimum absolute atomic E-state index is 0.220. The van der Waals surface area contributed by atoms with Crippen LogP contribution in [0.1, 0.15) is 24.2 Å². The highest BCUT2D eigenvalue weighted by atomic mass is 32.2. The van der Waals surface area contributed by atoms with Gasteiger partial charge in [-0.15, -0.1) is 0 Å². The molecule has 1 saturated carbocycles. The smallest absolute Gasteiger partial charge is 0.181 e. The molecule has 0 atom stereocenters. The molecule has 0 aliphatic heterocycles. The number of rotatable bonds is 6. The number of nitrogens with one attached hydrogen (secondary N) is 1. The fourth-order valence-electron chi connectivity index (χ4n) is 3.33. The molecular formula is C23H23NO4S. The van der Waals surface area contributed by atoms with Crippen LogP contribution in [0, 0.1) is 17.8 Å². The maximum Gasteiger partial charge on any atom is 0.181 e. The van der Waals surface area contributed by atoms with Crippen molar-refractivity contribution in [1.29, 1.82) is 0 Å². The lowest BCUT2D eigenvalue weighted by Gasteiger charge is -2.10. The van der Waals surface area contributed by atoms with Gasteiger partial charge in [-0.3, -0.25) is 0 Å². The normalized spacial score (nSPS) is 13.7. The Bertz CT molecular complexity index is 1210. The van der Waals surface area contributed by atoms with Gasteiger partial charge in [0.2, 0.25) is 0 Å². The summed E-state index contributed by atoms with van der Waals surface area (Å²) in [6.45, 7) is 0.383. The third kappa shape index (κ3) is 4.41. The number of sulfone groups is 1. The van der Waals surface area contributed by atoms with Crippen LogP contribution in [0.4, 0.5) is 5.69 Å². The Hall–Kier alpha value is -2.91. The van der Waals surface area contributed by atoms with E-state index in [1.165, 1.54) is 37.8 Å². The maximum atomic E-state index is 11.7. The van der Waals surface area contributed by atoms with Gasteiger partial charge in [0.25, 0.3) is 0 Å². The number of methoxy groups -OCH3 is 1. The molecule has 0 radical (unpaired) electrons. The van der Waals surface area contributed by atoms with Crippen LogP contribution >= 0.6 is 0 Å². The van der Waals surface area contributed by atoms with E-state index in [4.69, 9.17) is 9.15 Å². The summed E-state index contributed by atoms with van der Waals surface area (Å²) >= 11 is 0. The topological polar surface area (TPSA) is 68.5 Å². The van der Waals surface area contributed by atoms with Gasteiger partial charge in [0.05, 0.1) is 24.2 Å². The number of hydrogen-bond donors (Lipinski definition) is 1. The third-order valence-electron chi connectivity index (χ3n) is 5.06. The van der Waals surface area contributed by atoms with E-state index in [2.05, 4.69) is 23.2 Å². The number of anilines is 1. The molecule has 6 heteroatoms. The van der Waals surface area contributed by atoms with E-state index in [0.29, 0.717) is 18.0 Å². The van der Waals surface area contributed by atoms with Crippen LogP contribution in [-0.4, -0.2) is 28.3 Å². The Kier molecular flexibility index (Phi) is 5.25. The Morgan fingerprint density at radius 3 is 2.72 bits per heavy atom. The highest BCUT2D eigenvalue weighted by Gasteiger charge is 2.25. The van der Waals surface area contributed by atoms with Gasteiger partial charge in [-0.05, 0) is 49.3 Å². The first-order valence-electron chi connectivity index (χ1n) is 9.57. The minimum atomic E-state index is -3.28. The van der Waals surface area contributed by atoms with Gasteiger partial charge in [0.15, 0.2) is 15.6 Å². The summed E-state index contributed by atoms with van der Waals surface area (Å²) in [6.07, 6.45) is 4.73. The molecule has 0 saturated heterocycles. The molecule has 1 aromatic heterocycles. The van der Waals surface area contributed by atoms with Crippen molar-refractivity contribution in [3.8, 4) is 17.6 Å². The van der Waals surface area contributed by atoms with Crippen molar-refractivity contribution >= 4 is 26.5 Å². The van der Waals surface area contributed by atoms with Gasteiger partial charge in [-0.25, -0.2) is 8.42 Å². The monoisotopic (exact) mass is 409 g/mol. The number of benzene rings is 2. The molecule has 1 heterocycles. The molecule has 2 aromatic carbocycles. The van der Waals surface area contributed by atoms with Gasteiger partial charge in [0, 0.05) is 23.3 Å². The SMILES string of the molecule is COc1cc(S(C)(=O)=O)ccc1NCC#Cc1oc2ccccc2c1CC1CC1. The maximum absolute atomic E-state index is 11.7. The summed E-state index contributed by atoms with van der Waals surface area (Å²) in [7, 11) is -1.77. The zero-order valence-corrected chi connectivity index (χ0v) is 17.3. The predicted octanol–water partition coefficient (Wildman–Crippen LogP) is 4.26. The third-order valence-corrected chi connectivity index (χ3v) is 6.17. The highest BCUT2D eigenvalue weighted by molar-refractivity contribution is 7.90. The molecule has 1 aliphatic rings. The fraction of sp³-hybridized carbons (Fsp3) is 0.304. The average molecular weight is 410 g/mol. The quantitative estimate of drug-likeness (QED) is 0.616. The summed E-state index contributed by atoms with van der Waals surface area (Å²) in [5.74, 6) is 8.22. The molecule has 150 valence electrons. The molecular weight excluding hydrogens is 386 g/mol. The highest BCUT2D eigenvalue weighted by Crippen LogP contribution is 2.37. The van der Waals surface area contributed by atoms with Crippen molar-refractivity contribution in [3.63, 3.8) is 0 Å². The molecule has 0 spiro atoms. The number of ether oxygens (including phenoxy) is 1. The second-order valence-electron chi connectivity index (χ2n) is 7.34. The number of furan rings is 1.